The van der Waals surface area contributed by atoms with Gasteiger partial charge in [-0.1, -0.05) is 0 Å². The van der Waals surface area contributed by atoms with E-state index in [4.69, 9.17) is 4.74 Å². The summed E-state index contributed by atoms with van der Waals surface area (Å²) in [5, 5.41) is 7.87. The Morgan fingerprint density at radius 2 is 2.41 bits per heavy atom. The van der Waals surface area contributed by atoms with E-state index in [1.165, 1.54) is 16.8 Å². The third-order valence-corrected chi connectivity index (χ3v) is 4.61. The molecule has 0 saturated carbocycles. The van der Waals surface area contributed by atoms with E-state index in [0.717, 1.165) is 25.0 Å². The molecule has 0 aliphatic heterocycles. The zero-order chi connectivity index (χ0) is 15.4. The second-order valence-electron chi connectivity index (χ2n) is 5.17. The van der Waals surface area contributed by atoms with Crippen LogP contribution in [0, 0.1) is 0 Å². The summed E-state index contributed by atoms with van der Waals surface area (Å²) in [4.78, 5) is 21.7. The first-order valence-electron chi connectivity index (χ1n) is 7.20. The van der Waals surface area contributed by atoms with E-state index in [0.29, 0.717) is 12.4 Å². The van der Waals surface area contributed by atoms with Crippen molar-refractivity contribution in [2.75, 3.05) is 12.4 Å². The molecule has 22 heavy (non-hydrogen) atoms. The van der Waals surface area contributed by atoms with Gasteiger partial charge in [-0.25, -0.2) is 14.8 Å². The maximum absolute atomic E-state index is 12.2. The van der Waals surface area contributed by atoms with Crippen LogP contribution in [0.5, 0.6) is 0 Å². The number of hydrogen-bond donors (Lipinski definition) is 2. The molecule has 3 rings (SSSR count). The number of thiophene rings is 1. The van der Waals surface area contributed by atoms with Gasteiger partial charge >= 0.3 is 6.03 Å². The van der Waals surface area contributed by atoms with E-state index in [1.54, 1.807) is 24.5 Å². The molecule has 0 aromatic carbocycles. The average molecular weight is 318 g/mol. The van der Waals surface area contributed by atoms with E-state index in [2.05, 4.69) is 32.0 Å². The number of hydrogen-bond acceptors (Lipinski definition) is 5. The second-order valence-corrected chi connectivity index (χ2v) is 6.17. The average Bonchev–Trinajstić information content (AvgIpc) is 2.97. The number of aromatic nitrogens is 2. The van der Waals surface area contributed by atoms with Crippen molar-refractivity contribution in [3.63, 3.8) is 0 Å². The van der Waals surface area contributed by atoms with Crippen molar-refractivity contribution in [1.29, 1.82) is 0 Å². The number of aryl methyl sites for hydroxylation is 1. The fourth-order valence-corrected chi connectivity index (χ4v) is 3.63. The molecule has 2 amide bonds. The molecule has 0 fully saturated rings. The largest absolute Gasteiger partial charge is 0.378 e. The minimum absolute atomic E-state index is 0.0790. The number of ether oxygens (including phenoxy) is 1. The predicted octanol–water partition coefficient (Wildman–Crippen LogP) is 2.88. The molecule has 0 bridgehead atoms. The van der Waals surface area contributed by atoms with Crippen LogP contribution in [0.1, 0.15) is 35.0 Å². The molecule has 2 N–H and O–H groups in total. The number of amides is 2. The van der Waals surface area contributed by atoms with Crippen LogP contribution in [0.3, 0.4) is 0 Å². The number of carbonyl (C=O) groups is 1. The molecule has 1 aliphatic carbocycles. The van der Waals surface area contributed by atoms with Crippen LogP contribution >= 0.6 is 11.3 Å². The summed E-state index contributed by atoms with van der Waals surface area (Å²) >= 11 is 1.76. The van der Waals surface area contributed by atoms with Crippen LogP contribution in [0.15, 0.2) is 23.8 Å². The van der Waals surface area contributed by atoms with Gasteiger partial charge < -0.3 is 10.1 Å². The van der Waals surface area contributed by atoms with Crippen LogP contribution in [0.25, 0.3) is 0 Å². The molecule has 1 aliphatic rings. The van der Waals surface area contributed by atoms with E-state index in [-0.39, 0.29) is 12.1 Å². The third kappa shape index (κ3) is 3.42. The number of nitrogens with zero attached hydrogens (tertiary/aromatic N) is 2. The molecule has 116 valence electrons. The van der Waals surface area contributed by atoms with Gasteiger partial charge in [0.2, 0.25) is 0 Å². The number of fused-ring (bicyclic) bond motifs is 1. The first-order valence-corrected chi connectivity index (χ1v) is 8.08. The highest BCUT2D eigenvalue weighted by atomic mass is 32.1. The van der Waals surface area contributed by atoms with Gasteiger partial charge in [0.15, 0.2) is 0 Å². The Labute approximate surface area is 132 Å². The number of nitrogens with one attached hydrogen (secondary N) is 2. The van der Waals surface area contributed by atoms with Gasteiger partial charge in [0.05, 0.1) is 18.3 Å². The molecule has 7 heteroatoms. The van der Waals surface area contributed by atoms with Crippen LogP contribution in [-0.2, 0) is 17.8 Å². The molecule has 1 atom stereocenters. The Morgan fingerprint density at radius 1 is 1.50 bits per heavy atom. The zero-order valence-electron chi connectivity index (χ0n) is 12.3. The van der Waals surface area contributed by atoms with Crippen molar-refractivity contribution in [2.24, 2.45) is 0 Å². The van der Waals surface area contributed by atoms with Crippen molar-refractivity contribution in [3.8, 4) is 0 Å². The quantitative estimate of drug-likeness (QED) is 0.909. The zero-order valence-corrected chi connectivity index (χ0v) is 13.2. The van der Waals surface area contributed by atoms with Crippen molar-refractivity contribution in [3.05, 3.63) is 40.0 Å². The monoisotopic (exact) mass is 318 g/mol. The molecular weight excluding hydrogens is 300 g/mol. The molecule has 1 unspecified atom stereocenters. The van der Waals surface area contributed by atoms with Crippen molar-refractivity contribution < 1.29 is 9.53 Å². The Balaban J connectivity index is 1.63. The first kappa shape index (κ1) is 14.9. The maximum Gasteiger partial charge on any atom is 0.320 e. The van der Waals surface area contributed by atoms with Gasteiger partial charge in [0.1, 0.15) is 12.1 Å². The van der Waals surface area contributed by atoms with Crippen LogP contribution in [-0.4, -0.2) is 23.1 Å². The SMILES string of the molecule is COCc1cc(NC(=O)NC2CCCc3sccc32)ncn1. The Hall–Kier alpha value is -1.99. The molecule has 0 saturated heterocycles. The highest BCUT2D eigenvalue weighted by Crippen LogP contribution is 2.33. The molecule has 2 heterocycles. The van der Waals surface area contributed by atoms with E-state index in [1.807, 2.05) is 0 Å². The highest BCUT2D eigenvalue weighted by molar-refractivity contribution is 7.10. The molecule has 6 nitrogen and oxygen atoms in total. The summed E-state index contributed by atoms with van der Waals surface area (Å²) in [7, 11) is 1.60. The number of methoxy groups -OCH3 is 1. The summed E-state index contributed by atoms with van der Waals surface area (Å²) < 4.78 is 5.02. The third-order valence-electron chi connectivity index (χ3n) is 3.61. The van der Waals surface area contributed by atoms with Gasteiger partial charge in [0.25, 0.3) is 0 Å². The maximum atomic E-state index is 12.2. The molecule has 0 spiro atoms. The van der Waals surface area contributed by atoms with Gasteiger partial charge in [0, 0.05) is 18.1 Å². The van der Waals surface area contributed by atoms with Gasteiger partial charge in [-0.05, 0) is 36.3 Å². The van der Waals surface area contributed by atoms with Gasteiger partial charge in [-0.2, -0.15) is 0 Å². The van der Waals surface area contributed by atoms with E-state index < -0.39 is 0 Å². The lowest BCUT2D eigenvalue weighted by Gasteiger charge is -2.23. The predicted molar refractivity (Wildman–Crippen MR) is 84.9 cm³/mol. The topological polar surface area (TPSA) is 76.1 Å². The first-order chi connectivity index (χ1) is 10.8. The summed E-state index contributed by atoms with van der Waals surface area (Å²) in [6.07, 6.45) is 4.60. The lowest BCUT2D eigenvalue weighted by molar-refractivity contribution is 0.181. The smallest absolute Gasteiger partial charge is 0.320 e. The normalized spacial score (nSPS) is 16.9. The van der Waals surface area contributed by atoms with Crippen molar-refractivity contribution in [1.82, 2.24) is 15.3 Å². The number of rotatable bonds is 4. The Kier molecular flexibility index (Phi) is 4.65. The van der Waals surface area contributed by atoms with Gasteiger partial charge in [-0.15, -0.1) is 11.3 Å². The van der Waals surface area contributed by atoms with Crippen LogP contribution in [0.4, 0.5) is 10.6 Å². The Morgan fingerprint density at radius 3 is 3.27 bits per heavy atom. The molecule has 0 radical (unpaired) electrons. The van der Waals surface area contributed by atoms with E-state index >= 15 is 0 Å². The van der Waals surface area contributed by atoms with E-state index in [9.17, 15) is 4.79 Å². The highest BCUT2D eigenvalue weighted by Gasteiger charge is 2.22. The molecule has 2 aromatic rings. The van der Waals surface area contributed by atoms with Crippen LogP contribution < -0.4 is 10.6 Å². The summed E-state index contributed by atoms with van der Waals surface area (Å²) in [6, 6.07) is 3.65. The summed E-state index contributed by atoms with van der Waals surface area (Å²) in [6.45, 7) is 0.389. The summed E-state index contributed by atoms with van der Waals surface area (Å²) in [5.41, 5.74) is 1.97. The minimum Gasteiger partial charge on any atom is -0.378 e. The summed E-state index contributed by atoms with van der Waals surface area (Å²) in [5.74, 6) is 0.473. The number of anilines is 1. The fourth-order valence-electron chi connectivity index (χ4n) is 2.64. The number of urea groups is 1. The Bertz CT molecular complexity index is 658. The van der Waals surface area contributed by atoms with Crippen molar-refractivity contribution >= 4 is 23.2 Å². The number of carbonyl (C=O) groups excluding carboxylic acids is 1. The lowest BCUT2D eigenvalue weighted by Crippen LogP contribution is -2.34. The minimum atomic E-state index is -0.244. The molecular formula is C15H18N4O2S. The lowest BCUT2D eigenvalue weighted by atomic mass is 9.94. The molecule has 2 aromatic heterocycles. The second kappa shape index (κ2) is 6.85. The van der Waals surface area contributed by atoms with Crippen LogP contribution in [0.2, 0.25) is 0 Å². The standard InChI is InChI=1S/C15H18N4O2S/c1-21-8-10-7-14(17-9-16-10)19-15(20)18-12-3-2-4-13-11(12)5-6-22-13/h5-7,9,12H,2-4,8H2,1H3,(H2,16,17,18,19,20). The van der Waals surface area contributed by atoms with Gasteiger partial charge in [-0.3, -0.25) is 5.32 Å². The van der Waals surface area contributed by atoms with Crippen molar-refractivity contribution in [2.45, 2.75) is 31.9 Å². The fraction of sp³-hybridized carbons (Fsp3) is 0.400.